The van der Waals surface area contributed by atoms with Gasteiger partial charge in [0.05, 0.1) is 11.4 Å². The first-order valence-electron chi connectivity index (χ1n) is 9.69. The van der Waals surface area contributed by atoms with E-state index in [9.17, 15) is 4.79 Å². The summed E-state index contributed by atoms with van der Waals surface area (Å²) < 4.78 is 6.88. The second-order valence-electron chi connectivity index (χ2n) is 6.82. The summed E-state index contributed by atoms with van der Waals surface area (Å²) in [6.45, 7) is 1.79. The smallest absolute Gasteiger partial charge is 0.226 e. The van der Waals surface area contributed by atoms with Crippen molar-refractivity contribution in [3.63, 3.8) is 0 Å². The molecule has 0 aliphatic heterocycles. The number of hydrogen-bond acceptors (Lipinski definition) is 5. The number of aromatic nitrogens is 3. The summed E-state index contributed by atoms with van der Waals surface area (Å²) in [6, 6.07) is 21.9. The lowest BCUT2D eigenvalue weighted by Gasteiger charge is -2.03. The molecule has 0 unspecified atom stereocenters. The van der Waals surface area contributed by atoms with Crippen LogP contribution in [0.4, 0.5) is 5.82 Å². The summed E-state index contributed by atoms with van der Waals surface area (Å²) in [4.78, 5) is 12.1. The van der Waals surface area contributed by atoms with E-state index in [1.807, 2.05) is 53.2 Å². The Hall–Kier alpha value is -3.32. The summed E-state index contributed by atoms with van der Waals surface area (Å²) in [5.41, 5.74) is 4.22. The predicted octanol–water partition coefficient (Wildman–Crippen LogP) is 5.10. The molecule has 7 heteroatoms. The van der Waals surface area contributed by atoms with Gasteiger partial charge in [-0.2, -0.15) is 16.9 Å². The fourth-order valence-electron chi connectivity index (χ4n) is 3.05. The normalized spacial score (nSPS) is 10.8. The fourth-order valence-corrected chi connectivity index (χ4v) is 3.95. The Bertz CT molecular complexity index is 1110. The standard InChI is InChI=1S/C23H22N4O2S/c1-17-14-21(26-29-17)24-22(28)12-13-30-16-19-15-27(20-10-6-3-7-11-20)25-23(19)18-8-4-2-5-9-18/h2-11,14-15H,12-13,16H2,1H3,(H,24,26,28). The van der Waals surface area contributed by atoms with Crippen molar-refractivity contribution in [2.75, 3.05) is 11.1 Å². The van der Waals surface area contributed by atoms with Crippen LogP contribution in [0.2, 0.25) is 0 Å². The summed E-state index contributed by atoms with van der Waals surface area (Å²) in [7, 11) is 0. The molecule has 2 aromatic carbocycles. The van der Waals surface area contributed by atoms with E-state index in [1.165, 1.54) is 0 Å². The maximum absolute atomic E-state index is 12.1. The van der Waals surface area contributed by atoms with Crippen molar-refractivity contribution in [1.82, 2.24) is 14.9 Å². The molecule has 0 spiro atoms. The van der Waals surface area contributed by atoms with Crippen molar-refractivity contribution in [2.24, 2.45) is 0 Å². The van der Waals surface area contributed by atoms with E-state index in [1.54, 1.807) is 24.8 Å². The molecule has 0 saturated heterocycles. The van der Waals surface area contributed by atoms with E-state index in [-0.39, 0.29) is 5.91 Å². The van der Waals surface area contributed by atoms with Gasteiger partial charge in [0.25, 0.3) is 0 Å². The Labute approximate surface area is 179 Å². The minimum absolute atomic E-state index is 0.0703. The monoisotopic (exact) mass is 418 g/mol. The lowest BCUT2D eigenvalue weighted by atomic mass is 10.1. The molecule has 4 aromatic rings. The SMILES string of the molecule is Cc1cc(NC(=O)CCSCc2cn(-c3ccccc3)nc2-c2ccccc2)no1. The van der Waals surface area contributed by atoms with Crippen LogP contribution in [-0.4, -0.2) is 26.6 Å². The summed E-state index contributed by atoms with van der Waals surface area (Å²) in [5, 5.41) is 11.4. The van der Waals surface area contributed by atoms with E-state index >= 15 is 0 Å². The van der Waals surface area contributed by atoms with Gasteiger partial charge in [0, 0.05) is 41.3 Å². The molecular formula is C23H22N4O2S. The van der Waals surface area contributed by atoms with Gasteiger partial charge in [0.1, 0.15) is 5.76 Å². The van der Waals surface area contributed by atoms with Crippen molar-refractivity contribution < 1.29 is 9.32 Å². The van der Waals surface area contributed by atoms with Crippen molar-refractivity contribution in [3.05, 3.63) is 84.3 Å². The molecule has 0 aliphatic carbocycles. The van der Waals surface area contributed by atoms with Gasteiger partial charge in [-0.3, -0.25) is 4.79 Å². The van der Waals surface area contributed by atoms with Crippen molar-refractivity contribution in [1.29, 1.82) is 0 Å². The average molecular weight is 419 g/mol. The molecule has 152 valence electrons. The summed E-state index contributed by atoms with van der Waals surface area (Å²) >= 11 is 1.71. The molecule has 0 fully saturated rings. The van der Waals surface area contributed by atoms with Gasteiger partial charge in [-0.05, 0) is 19.1 Å². The lowest BCUT2D eigenvalue weighted by molar-refractivity contribution is -0.115. The third-order valence-corrected chi connectivity index (χ3v) is 5.49. The Kier molecular flexibility index (Phi) is 6.29. The van der Waals surface area contributed by atoms with Crippen LogP contribution >= 0.6 is 11.8 Å². The Morgan fingerprint density at radius 1 is 1.10 bits per heavy atom. The number of amides is 1. The van der Waals surface area contributed by atoms with Crippen LogP contribution in [0.5, 0.6) is 0 Å². The number of anilines is 1. The number of carbonyl (C=O) groups excluding carboxylic acids is 1. The zero-order chi connectivity index (χ0) is 20.8. The van der Waals surface area contributed by atoms with Crippen LogP contribution in [0, 0.1) is 6.92 Å². The molecule has 0 radical (unpaired) electrons. The van der Waals surface area contributed by atoms with Gasteiger partial charge in [0.15, 0.2) is 5.82 Å². The quantitative estimate of drug-likeness (QED) is 0.403. The van der Waals surface area contributed by atoms with Gasteiger partial charge in [0.2, 0.25) is 5.91 Å². The highest BCUT2D eigenvalue weighted by molar-refractivity contribution is 7.98. The first-order chi connectivity index (χ1) is 14.7. The number of aryl methyl sites for hydroxylation is 1. The van der Waals surface area contributed by atoms with E-state index in [0.29, 0.717) is 23.8 Å². The Morgan fingerprint density at radius 2 is 1.83 bits per heavy atom. The second kappa shape index (κ2) is 9.45. The zero-order valence-corrected chi connectivity index (χ0v) is 17.4. The minimum Gasteiger partial charge on any atom is -0.360 e. The maximum Gasteiger partial charge on any atom is 0.226 e. The molecule has 30 heavy (non-hydrogen) atoms. The minimum atomic E-state index is -0.0703. The van der Waals surface area contributed by atoms with Crippen LogP contribution in [0.3, 0.4) is 0 Å². The fraction of sp³-hybridized carbons (Fsp3) is 0.174. The number of rotatable bonds is 8. The third-order valence-electron chi connectivity index (χ3n) is 4.48. The number of nitrogens with one attached hydrogen (secondary N) is 1. The van der Waals surface area contributed by atoms with E-state index in [0.717, 1.165) is 28.3 Å². The molecule has 0 bridgehead atoms. The number of thioether (sulfide) groups is 1. The maximum atomic E-state index is 12.1. The average Bonchev–Trinajstić information content (AvgIpc) is 3.38. The van der Waals surface area contributed by atoms with Crippen molar-refractivity contribution in [2.45, 2.75) is 19.1 Å². The molecule has 1 amide bonds. The molecular weight excluding hydrogens is 396 g/mol. The highest BCUT2D eigenvalue weighted by Crippen LogP contribution is 2.27. The number of carbonyl (C=O) groups is 1. The molecule has 0 saturated carbocycles. The van der Waals surface area contributed by atoms with Crippen LogP contribution in [0.15, 0.2) is 77.4 Å². The summed E-state index contributed by atoms with van der Waals surface area (Å²) in [6.07, 6.45) is 2.48. The molecule has 0 aliphatic rings. The van der Waals surface area contributed by atoms with Crippen LogP contribution in [-0.2, 0) is 10.5 Å². The van der Waals surface area contributed by atoms with Gasteiger partial charge in [-0.15, -0.1) is 0 Å². The van der Waals surface area contributed by atoms with Gasteiger partial charge in [-0.1, -0.05) is 53.7 Å². The highest BCUT2D eigenvalue weighted by Gasteiger charge is 2.13. The van der Waals surface area contributed by atoms with E-state index in [2.05, 4.69) is 28.8 Å². The largest absolute Gasteiger partial charge is 0.360 e. The Balaban J connectivity index is 1.41. The second-order valence-corrected chi connectivity index (χ2v) is 7.93. The number of hydrogen-bond donors (Lipinski definition) is 1. The molecule has 6 nitrogen and oxygen atoms in total. The van der Waals surface area contributed by atoms with Crippen LogP contribution in [0.1, 0.15) is 17.7 Å². The van der Waals surface area contributed by atoms with Crippen LogP contribution < -0.4 is 5.32 Å². The molecule has 0 atom stereocenters. The molecule has 1 N–H and O–H groups in total. The first kappa shape index (κ1) is 20.0. The number of para-hydroxylation sites is 1. The van der Waals surface area contributed by atoms with Crippen LogP contribution in [0.25, 0.3) is 16.9 Å². The van der Waals surface area contributed by atoms with Gasteiger partial charge < -0.3 is 9.84 Å². The summed E-state index contributed by atoms with van der Waals surface area (Å²) in [5.74, 6) is 2.53. The van der Waals surface area contributed by atoms with Gasteiger partial charge >= 0.3 is 0 Å². The third kappa shape index (κ3) is 4.99. The van der Waals surface area contributed by atoms with Crippen molar-refractivity contribution >= 4 is 23.5 Å². The topological polar surface area (TPSA) is 73.0 Å². The zero-order valence-electron chi connectivity index (χ0n) is 16.6. The highest BCUT2D eigenvalue weighted by atomic mass is 32.2. The molecule has 4 rings (SSSR count). The van der Waals surface area contributed by atoms with E-state index in [4.69, 9.17) is 9.62 Å². The molecule has 2 aromatic heterocycles. The van der Waals surface area contributed by atoms with Crippen molar-refractivity contribution in [3.8, 4) is 16.9 Å². The first-order valence-corrected chi connectivity index (χ1v) is 10.8. The van der Waals surface area contributed by atoms with E-state index < -0.39 is 0 Å². The lowest BCUT2D eigenvalue weighted by Crippen LogP contribution is -2.12. The Morgan fingerprint density at radius 3 is 2.53 bits per heavy atom. The number of nitrogens with zero attached hydrogens (tertiary/aromatic N) is 3. The number of benzene rings is 2. The van der Waals surface area contributed by atoms with Gasteiger partial charge in [-0.25, -0.2) is 4.68 Å². The predicted molar refractivity (Wildman–Crippen MR) is 120 cm³/mol. The molecule has 2 heterocycles.